The highest BCUT2D eigenvalue weighted by Crippen LogP contribution is 2.24. The lowest BCUT2D eigenvalue weighted by Gasteiger charge is -2.47. The lowest BCUT2D eigenvalue weighted by atomic mass is 9.97. The van der Waals surface area contributed by atoms with Crippen molar-refractivity contribution in [3.8, 4) is 5.69 Å². The molecule has 0 saturated carbocycles. The molecule has 2 aromatic carbocycles. The summed E-state index contributed by atoms with van der Waals surface area (Å²) in [7, 11) is 1.58. The zero-order chi connectivity index (χ0) is 26.3. The van der Waals surface area contributed by atoms with Crippen LogP contribution < -0.4 is 15.8 Å². The van der Waals surface area contributed by atoms with Crippen LogP contribution in [0, 0.1) is 12.7 Å². The first kappa shape index (κ1) is 24.5. The molecule has 0 spiro atoms. The molecule has 5 rings (SSSR count). The van der Waals surface area contributed by atoms with Crippen molar-refractivity contribution < 1.29 is 18.7 Å². The minimum Gasteiger partial charge on any atom is -0.482 e. The number of halogens is 1. The van der Waals surface area contributed by atoms with Crippen LogP contribution in [0.2, 0.25) is 0 Å². The zero-order valence-corrected chi connectivity index (χ0v) is 21.2. The van der Waals surface area contributed by atoms with E-state index in [2.05, 4.69) is 15.4 Å². The summed E-state index contributed by atoms with van der Waals surface area (Å²) in [6.45, 7) is 6.58. The maximum atomic E-state index is 13.6. The van der Waals surface area contributed by atoms with Gasteiger partial charge in [0.2, 0.25) is 11.7 Å². The summed E-state index contributed by atoms with van der Waals surface area (Å²) in [6.07, 6.45) is 3.34. The molecule has 192 valence electrons. The summed E-state index contributed by atoms with van der Waals surface area (Å²) < 4.78 is 20.6. The molecular weight excluding hydrogens is 475 g/mol. The van der Waals surface area contributed by atoms with Crippen molar-refractivity contribution in [1.82, 2.24) is 29.9 Å². The van der Waals surface area contributed by atoms with Crippen LogP contribution in [0.1, 0.15) is 30.0 Å². The van der Waals surface area contributed by atoms with Crippen molar-refractivity contribution in [1.29, 1.82) is 0 Å². The van der Waals surface area contributed by atoms with Gasteiger partial charge < -0.3 is 19.9 Å². The van der Waals surface area contributed by atoms with Crippen LogP contribution in [0.5, 0.6) is 0 Å². The average molecular weight is 505 g/mol. The minimum atomic E-state index is -0.650. The van der Waals surface area contributed by atoms with Crippen molar-refractivity contribution in [2.45, 2.75) is 32.4 Å². The van der Waals surface area contributed by atoms with Crippen LogP contribution in [0.15, 0.2) is 48.8 Å². The van der Waals surface area contributed by atoms with Crippen molar-refractivity contribution in [2.24, 2.45) is 0 Å². The summed E-state index contributed by atoms with van der Waals surface area (Å²) >= 11 is 0. The Morgan fingerprint density at radius 3 is 2.68 bits per heavy atom. The number of fused-ring (bicyclic) bond motifs is 1. The first-order chi connectivity index (χ1) is 17.7. The first-order valence-corrected chi connectivity index (χ1v) is 12.1. The highest BCUT2D eigenvalue weighted by Gasteiger charge is 2.41. The van der Waals surface area contributed by atoms with E-state index in [4.69, 9.17) is 4.74 Å². The number of piperazine rings is 1. The van der Waals surface area contributed by atoms with E-state index >= 15 is 0 Å². The monoisotopic (exact) mass is 504 g/mol. The third kappa shape index (κ3) is 4.54. The average Bonchev–Trinajstić information content (AvgIpc) is 3.38. The standard InChI is InChI=1S/C27H29FN6O3/c1-17-13-19(9-10-21(17)28)34-16-29-23(31-34)26(36)33-12-11-32(15-27(33,2)3)25(35)22-14-18-7-5-6-8-20(18)24(30-22)37-4/h5-10,13-14,16,22,30H,11-12,15H2,1-4H3. The smallest absolute Gasteiger partial charge is 0.294 e. The predicted octanol–water partition coefficient (Wildman–Crippen LogP) is 0.942. The second kappa shape index (κ2) is 9.34. The molecule has 3 aromatic rings. The molecule has 37 heavy (non-hydrogen) atoms. The third-order valence-electron chi connectivity index (χ3n) is 6.86. The van der Waals surface area contributed by atoms with E-state index in [0.29, 0.717) is 36.8 Å². The Hall–Kier alpha value is -4.21. The maximum absolute atomic E-state index is 13.6. The molecule has 0 radical (unpaired) electrons. The fourth-order valence-electron chi connectivity index (χ4n) is 4.88. The molecule has 1 unspecified atom stereocenters. The van der Waals surface area contributed by atoms with Gasteiger partial charge in [0.1, 0.15) is 18.2 Å². The van der Waals surface area contributed by atoms with Gasteiger partial charge in [0.25, 0.3) is 5.91 Å². The van der Waals surface area contributed by atoms with Crippen molar-refractivity contribution in [3.63, 3.8) is 0 Å². The Labute approximate surface area is 213 Å². The highest BCUT2D eigenvalue weighted by atomic mass is 19.1. The number of nitrogens with one attached hydrogen (secondary N) is 1. The van der Waals surface area contributed by atoms with E-state index in [-0.39, 0.29) is 23.5 Å². The molecular formula is C27H29FN6O3. The van der Waals surface area contributed by atoms with Gasteiger partial charge in [-0.05, 0) is 61.9 Å². The second-order valence-electron chi connectivity index (χ2n) is 9.88. The van der Waals surface area contributed by atoms with Crippen LogP contribution in [-0.4, -0.2) is 74.7 Å². The third-order valence-corrected chi connectivity index (χ3v) is 6.86. The molecule has 2 amide bonds. The lowest BCUT2D eigenvalue weighted by molar-refractivity contribution is -0.136. The molecule has 0 aliphatic carbocycles. The van der Waals surface area contributed by atoms with Gasteiger partial charge in [0, 0.05) is 24.9 Å². The van der Waals surface area contributed by atoms with Crippen LogP contribution in [0.25, 0.3) is 17.6 Å². The number of aromatic nitrogens is 3. The summed E-state index contributed by atoms with van der Waals surface area (Å²) in [5, 5.41) is 9.37. The van der Waals surface area contributed by atoms with E-state index in [9.17, 15) is 14.0 Å². The number of nitrogens with zero attached hydrogens (tertiary/aromatic N) is 5. The SMILES string of the molecule is COC1=c2ccccc2=CC(C(=O)N2CCN(C(=O)c3ncn(-c4ccc(F)c(C)c4)n3)C(C)(C)C2)N1. The Kier molecular flexibility index (Phi) is 6.18. The minimum absolute atomic E-state index is 0.0491. The molecule has 10 heteroatoms. The van der Waals surface area contributed by atoms with Gasteiger partial charge in [-0.25, -0.2) is 14.1 Å². The molecule has 2 aliphatic rings. The molecule has 2 aliphatic heterocycles. The van der Waals surface area contributed by atoms with Crippen molar-refractivity contribution >= 4 is 23.8 Å². The molecule has 0 bridgehead atoms. The normalized spacial score (nSPS) is 18.5. The number of methoxy groups -OCH3 is 1. The molecule has 9 nitrogen and oxygen atoms in total. The quantitative estimate of drug-likeness (QED) is 0.569. The Morgan fingerprint density at radius 1 is 1.16 bits per heavy atom. The van der Waals surface area contributed by atoms with Gasteiger partial charge in [0.15, 0.2) is 5.88 Å². The lowest BCUT2D eigenvalue weighted by Crippen LogP contribution is -2.64. The largest absolute Gasteiger partial charge is 0.482 e. The number of aryl methyl sites for hydroxylation is 1. The van der Waals surface area contributed by atoms with Gasteiger partial charge in [-0.3, -0.25) is 9.59 Å². The van der Waals surface area contributed by atoms with E-state index in [0.717, 1.165) is 10.4 Å². The fraction of sp³-hybridized carbons (Fsp3) is 0.333. The first-order valence-electron chi connectivity index (χ1n) is 12.1. The summed E-state index contributed by atoms with van der Waals surface area (Å²) in [6, 6.07) is 11.8. The summed E-state index contributed by atoms with van der Waals surface area (Å²) in [5.41, 5.74) is 0.444. The van der Waals surface area contributed by atoms with Gasteiger partial charge in [-0.1, -0.05) is 18.2 Å². The Bertz CT molecular complexity index is 1500. The Balaban J connectivity index is 1.31. The summed E-state index contributed by atoms with van der Waals surface area (Å²) in [4.78, 5) is 34.5. The van der Waals surface area contributed by atoms with Crippen LogP contribution >= 0.6 is 0 Å². The van der Waals surface area contributed by atoms with Gasteiger partial charge in [-0.2, -0.15) is 0 Å². The number of hydrogen-bond acceptors (Lipinski definition) is 6. The van der Waals surface area contributed by atoms with E-state index in [1.54, 1.807) is 36.0 Å². The van der Waals surface area contributed by atoms with Gasteiger partial charge in [0.05, 0.1) is 18.3 Å². The number of rotatable bonds is 4. The molecule has 1 saturated heterocycles. The van der Waals surface area contributed by atoms with E-state index in [1.807, 2.05) is 44.2 Å². The number of ether oxygens (including phenoxy) is 1. The van der Waals surface area contributed by atoms with E-state index in [1.165, 1.54) is 17.1 Å². The molecule has 3 heterocycles. The second-order valence-corrected chi connectivity index (χ2v) is 9.88. The molecule has 1 aromatic heterocycles. The topological polar surface area (TPSA) is 92.6 Å². The van der Waals surface area contributed by atoms with E-state index < -0.39 is 11.6 Å². The van der Waals surface area contributed by atoms with Crippen molar-refractivity contribution in [3.05, 3.63) is 76.4 Å². The van der Waals surface area contributed by atoms with Gasteiger partial charge in [-0.15, -0.1) is 5.10 Å². The fourth-order valence-corrected chi connectivity index (χ4v) is 4.88. The maximum Gasteiger partial charge on any atom is 0.294 e. The zero-order valence-electron chi connectivity index (χ0n) is 21.2. The highest BCUT2D eigenvalue weighted by molar-refractivity contribution is 5.92. The summed E-state index contributed by atoms with van der Waals surface area (Å²) in [5.74, 6) is -0.106. The predicted molar refractivity (Wildman–Crippen MR) is 135 cm³/mol. The van der Waals surface area contributed by atoms with Crippen LogP contribution in [0.3, 0.4) is 0 Å². The number of carbonyl (C=O) groups excluding carboxylic acids is 2. The molecule has 1 fully saturated rings. The van der Waals surface area contributed by atoms with Gasteiger partial charge >= 0.3 is 0 Å². The van der Waals surface area contributed by atoms with Crippen LogP contribution in [-0.2, 0) is 9.53 Å². The van der Waals surface area contributed by atoms with Crippen LogP contribution in [0.4, 0.5) is 4.39 Å². The number of carbonyl (C=O) groups is 2. The molecule has 1 atom stereocenters. The van der Waals surface area contributed by atoms with Crippen molar-refractivity contribution in [2.75, 3.05) is 26.7 Å². The number of hydrogen-bond donors (Lipinski definition) is 1. The number of benzene rings is 2. The number of amides is 2. The molecule has 1 N–H and O–H groups in total. The Morgan fingerprint density at radius 2 is 1.95 bits per heavy atom.